The van der Waals surface area contributed by atoms with Crippen molar-refractivity contribution in [3.05, 3.63) is 83.3 Å². The predicted octanol–water partition coefficient (Wildman–Crippen LogP) is 2.71. The van der Waals surface area contributed by atoms with Crippen LogP contribution in [0.15, 0.2) is 76.4 Å². The van der Waals surface area contributed by atoms with Gasteiger partial charge in [-0.05, 0) is 56.0 Å². The van der Waals surface area contributed by atoms with Crippen molar-refractivity contribution in [2.45, 2.75) is 25.8 Å². The highest BCUT2D eigenvalue weighted by atomic mass is 19.1. The first-order valence-corrected chi connectivity index (χ1v) is 11.4. The van der Waals surface area contributed by atoms with Crippen LogP contribution in [-0.4, -0.2) is 50.9 Å². The van der Waals surface area contributed by atoms with Gasteiger partial charge in [0.1, 0.15) is 23.5 Å². The average molecular weight is 485 g/mol. The third kappa shape index (κ3) is 4.11. The van der Waals surface area contributed by atoms with Gasteiger partial charge in [-0.25, -0.2) is 9.37 Å². The van der Waals surface area contributed by atoms with E-state index in [1.165, 1.54) is 12.3 Å². The van der Waals surface area contributed by atoms with E-state index >= 15 is 0 Å². The van der Waals surface area contributed by atoms with Gasteiger partial charge in [0, 0.05) is 24.4 Å². The van der Waals surface area contributed by atoms with Gasteiger partial charge in [-0.3, -0.25) is 14.6 Å². The number of quaternary nitrogens is 1. The van der Waals surface area contributed by atoms with E-state index in [1.54, 1.807) is 54.7 Å². The van der Waals surface area contributed by atoms with Crippen molar-refractivity contribution in [1.82, 2.24) is 9.88 Å². The zero-order valence-corrected chi connectivity index (χ0v) is 19.5. The lowest BCUT2D eigenvalue weighted by Crippen LogP contribution is -2.53. The number of halogens is 1. The second-order valence-electron chi connectivity index (χ2n) is 8.48. The molecular weight excluding hydrogens is 461 g/mol. The summed E-state index contributed by atoms with van der Waals surface area (Å²) >= 11 is 0. The minimum atomic E-state index is -0.492. The third-order valence-corrected chi connectivity index (χ3v) is 6.25. The van der Waals surface area contributed by atoms with Gasteiger partial charge in [0.2, 0.25) is 5.70 Å². The number of nitrogens with one attached hydrogen (secondary N) is 1. The van der Waals surface area contributed by atoms with E-state index in [2.05, 4.69) is 27.1 Å². The Balaban J connectivity index is 1.44. The molecule has 9 nitrogen and oxygen atoms in total. The summed E-state index contributed by atoms with van der Waals surface area (Å²) in [6, 6.07) is 8.87. The maximum Gasteiger partial charge on any atom is 0.299 e. The smallest absolute Gasteiger partial charge is 0.299 e. The number of rotatable bonds is 4. The Labute approximate surface area is 207 Å². The van der Waals surface area contributed by atoms with Crippen LogP contribution in [0, 0.1) is 17.7 Å². The Morgan fingerprint density at radius 3 is 2.81 bits per heavy atom. The van der Waals surface area contributed by atoms with E-state index in [-0.39, 0.29) is 22.4 Å². The van der Waals surface area contributed by atoms with Crippen molar-refractivity contribution < 1.29 is 18.6 Å². The number of carbonyl (C=O) groups is 2. The molecule has 1 aromatic carbocycles. The molecule has 1 saturated heterocycles. The van der Waals surface area contributed by atoms with E-state index in [1.807, 2.05) is 0 Å². The maximum absolute atomic E-state index is 13.4. The molecule has 0 radical (unpaired) electrons. The molecule has 0 spiro atoms. The lowest BCUT2D eigenvalue weighted by atomic mass is 10.1. The van der Waals surface area contributed by atoms with Gasteiger partial charge in [0.15, 0.2) is 0 Å². The summed E-state index contributed by atoms with van der Waals surface area (Å²) < 4.78 is 13.2. The van der Waals surface area contributed by atoms with Gasteiger partial charge in [0.05, 0.1) is 24.0 Å². The molecule has 3 aliphatic heterocycles. The first kappa shape index (κ1) is 23.3. The maximum atomic E-state index is 13.4. The minimum absolute atomic E-state index is 0.121. The van der Waals surface area contributed by atoms with Crippen molar-refractivity contribution in [3.63, 3.8) is 0 Å². The van der Waals surface area contributed by atoms with Crippen LogP contribution in [-0.2, 0) is 4.79 Å². The molecule has 2 atom stereocenters. The van der Waals surface area contributed by atoms with E-state index in [4.69, 9.17) is 10.8 Å². The molecule has 2 amide bonds. The standard InChI is InChI=1S/C26H22FN7O2/c1-2-4-23(35)33-13-3-5-20(33)24-21-16-29-12-14-34(21,28)25(32-24)17-6-8-18(9-7-17)26(36)31-22-15-19(27)10-11-30-22/h6-12,14-16,20H,3,5,13,28H2,1H3/p+1. The molecule has 3 aliphatic rings. The molecule has 1 aromatic heterocycles. The van der Waals surface area contributed by atoms with E-state index < -0.39 is 11.7 Å². The van der Waals surface area contributed by atoms with Crippen LogP contribution >= 0.6 is 0 Å². The van der Waals surface area contributed by atoms with E-state index in [0.29, 0.717) is 34.9 Å². The number of pyridine rings is 1. The van der Waals surface area contributed by atoms with Crippen LogP contribution in [0.1, 0.15) is 35.7 Å². The normalized spacial score (nSPS) is 22.1. The SMILES string of the molecule is CC#CC(=O)N1CCCC1C1=C2C=NC=C[N+]2(N)C(c2ccc(C(=O)Nc3cc(F)ccn3)cc2)=N1. The molecule has 4 heterocycles. The summed E-state index contributed by atoms with van der Waals surface area (Å²) in [7, 11) is 0. The van der Waals surface area contributed by atoms with Crippen molar-refractivity contribution in [2.24, 2.45) is 15.8 Å². The summed E-state index contributed by atoms with van der Waals surface area (Å²) in [5.74, 6) is 11.6. The van der Waals surface area contributed by atoms with Gasteiger partial charge in [-0.15, -0.1) is 4.59 Å². The summed E-state index contributed by atoms with van der Waals surface area (Å²) in [5, 5.41) is 2.58. The van der Waals surface area contributed by atoms with Crippen molar-refractivity contribution in [3.8, 4) is 11.8 Å². The van der Waals surface area contributed by atoms with Crippen LogP contribution in [0.3, 0.4) is 0 Å². The number of amidine groups is 1. The Morgan fingerprint density at radius 1 is 1.25 bits per heavy atom. The van der Waals surface area contributed by atoms with Crippen molar-refractivity contribution in [1.29, 1.82) is 0 Å². The number of likely N-dealkylation sites (tertiary alicyclic amines) is 1. The van der Waals surface area contributed by atoms with Gasteiger partial charge in [-0.1, -0.05) is 5.92 Å². The second-order valence-corrected chi connectivity index (χ2v) is 8.48. The highest BCUT2D eigenvalue weighted by molar-refractivity contribution is 6.05. The van der Waals surface area contributed by atoms with Crippen LogP contribution in [0.2, 0.25) is 0 Å². The minimum Gasteiger partial charge on any atom is -0.323 e. The van der Waals surface area contributed by atoms with Crippen molar-refractivity contribution in [2.75, 3.05) is 11.9 Å². The van der Waals surface area contributed by atoms with Crippen LogP contribution in [0.5, 0.6) is 0 Å². The topological polar surface area (TPSA) is 113 Å². The van der Waals surface area contributed by atoms with Gasteiger partial charge in [0.25, 0.3) is 17.6 Å². The number of fused-ring (bicyclic) bond motifs is 1. The molecule has 10 heteroatoms. The largest absolute Gasteiger partial charge is 0.323 e. The van der Waals surface area contributed by atoms with Gasteiger partial charge in [-0.2, -0.15) is 10.8 Å². The summed E-state index contributed by atoms with van der Waals surface area (Å²) in [6.45, 7) is 2.23. The highest BCUT2D eigenvalue weighted by Crippen LogP contribution is 2.37. The number of aromatic nitrogens is 1. The Morgan fingerprint density at radius 2 is 2.06 bits per heavy atom. The summed E-state index contributed by atoms with van der Waals surface area (Å²) in [6.07, 6.45) is 7.87. The number of allylic oxidation sites excluding steroid dienone is 1. The molecule has 0 aliphatic carbocycles. The third-order valence-electron chi connectivity index (χ3n) is 6.25. The summed E-state index contributed by atoms with van der Waals surface area (Å²) in [4.78, 5) is 40.0. The van der Waals surface area contributed by atoms with Crippen LogP contribution in [0.4, 0.5) is 10.2 Å². The lowest BCUT2D eigenvalue weighted by molar-refractivity contribution is -0.750. The molecule has 5 rings (SSSR count). The van der Waals surface area contributed by atoms with E-state index in [0.717, 1.165) is 18.9 Å². The Hall–Kier alpha value is -4.46. The molecule has 3 N–H and O–H groups in total. The number of amides is 2. The van der Waals surface area contributed by atoms with Crippen LogP contribution < -0.4 is 11.2 Å². The molecule has 2 unspecified atom stereocenters. The fourth-order valence-electron chi connectivity index (χ4n) is 4.56. The molecule has 0 saturated carbocycles. The monoisotopic (exact) mass is 484 g/mol. The Bertz CT molecular complexity index is 1430. The summed E-state index contributed by atoms with van der Waals surface area (Å²) in [5.41, 5.74) is 2.43. The number of carbonyl (C=O) groups excluding carboxylic acids is 2. The van der Waals surface area contributed by atoms with Gasteiger partial charge >= 0.3 is 0 Å². The molecule has 36 heavy (non-hydrogen) atoms. The Kier molecular flexibility index (Phi) is 6.01. The number of aliphatic imine (C=N–C) groups is 2. The zero-order chi connectivity index (χ0) is 25.3. The van der Waals surface area contributed by atoms with Crippen LogP contribution in [0.25, 0.3) is 0 Å². The molecule has 2 aromatic rings. The first-order chi connectivity index (χ1) is 17.4. The number of hydrogen-bond donors (Lipinski definition) is 2. The van der Waals surface area contributed by atoms with Gasteiger partial charge < -0.3 is 10.2 Å². The fraction of sp³-hybridized carbons (Fsp3) is 0.192. The number of anilines is 1. The molecular formula is C26H23FN7O2+. The number of hydrogen-bond acceptors (Lipinski definition) is 6. The highest BCUT2D eigenvalue weighted by Gasteiger charge is 2.48. The predicted molar refractivity (Wildman–Crippen MR) is 132 cm³/mol. The number of nitrogens with zero attached hydrogens (tertiary/aromatic N) is 5. The molecule has 1 fully saturated rings. The number of benzene rings is 1. The second kappa shape index (κ2) is 9.30. The quantitative estimate of drug-likeness (QED) is 0.395. The average Bonchev–Trinajstić information content (AvgIpc) is 3.47. The lowest BCUT2D eigenvalue weighted by Gasteiger charge is -2.27. The molecule has 180 valence electrons. The van der Waals surface area contributed by atoms with E-state index in [9.17, 15) is 14.0 Å². The number of nitrogens with two attached hydrogens (primary N) is 1. The molecule has 0 bridgehead atoms. The first-order valence-electron chi connectivity index (χ1n) is 11.4. The van der Waals surface area contributed by atoms with Crippen molar-refractivity contribution >= 4 is 29.7 Å². The fourth-order valence-corrected chi connectivity index (χ4v) is 4.56. The zero-order valence-electron chi connectivity index (χ0n) is 19.5.